The number of pyridine rings is 2. The summed E-state index contributed by atoms with van der Waals surface area (Å²) in [4.78, 5) is 9.07. The number of hydrogen-bond donors (Lipinski definition) is 0. The lowest BCUT2D eigenvalue weighted by Gasteiger charge is -2.13. The molecule has 0 saturated heterocycles. The van der Waals surface area contributed by atoms with Gasteiger partial charge < -0.3 is 0 Å². The number of nitrogens with zero attached hydrogens (tertiary/aromatic N) is 2. The maximum Gasteiger partial charge on any atom is 0.0964 e. The van der Waals surface area contributed by atoms with Gasteiger partial charge in [0.1, 0.15) is 0 Å². The third-order valence-electron chi connectivity index (χ3n) is 4.02. The Balaban J connectivity index is 1.93. The molecule has 0 spiro atoms. The summed E-state index contributed by atoms with van der Waals surface area (Å²) in [5.74, 6) is 0. The SMILES string of the molecule is c1ccc(-c2ccccc2-c2cccnc2-c2ccccn2)cc1. The van der Waals surface area contributed by atoms with Gasteiger partial charge >= 0.3 is 0 Å². The quantitative estimate of drug-likeness (QED) is 0.501. The van der Waals surface area contributed by atoms with Gasteiger partial charge in [0.25, 0.3) is 0 Å². The van der Waals surface area contributed by atoms with Crippen molar-refractivity contribution in [2.24, 2.45) is 0 Å². The third-order valence-corrected chi connectivity index (χ3v) is 4.02. The van der Waals surface area contributed by atoms with Crippen molar-refractivity contribution in [2.75, 3.05) is 0 Å². The van der Waals surface area contributed by atoms with E-state index in [1.807, 2.05) is 36.5 Å². The van der Waals surface area contributed by atoms with Crippen molar-refractivity contribution in [1.82, 2.24) is 9.97 Å². The molecular weight excluding hydrogens is 292 g/mol. The van der Waals surface area contributed by atoms with Gasteiger partial charge in [0, 0.05) is 18.0 Å². The molecule has 0 bridgehead atoms. The first-order chi connectivity index (χ1) is 11.9. The number of aromatic nitrogens is 2. The second-order valence-corrected chi connectivity index (χ2v) is 5.53. The van der Waals surface area contributed by atoms with Crippen molar-refractivity contribution in [1.29, 1.82) is 0 Å². The zero-order valence-corrected chi connectivity index (χ0v) is 13.1. The van der Waals surface area contributed by atoms with Crippen LogP contribution in [0, 0.1) is 0 Å². The summed E-state index contributed by atoms with van der Waals surface area (Å²) in [6.45, 7) is 0. The molecule has 0 amide bonds. The summed E-state index contributed by atoms with van der Waals surface area (Å²) in [7, 11) is 0. The van der Waals surface area contributed by atoms with E-state index in [1.54, 1.807) is 6.20 Å². The van der Waals surface area contributed by atoms with E-state index >= 15 is 0 Å². The molecule has 0 atom stereocenters. The Morgan fingerprint density at radius 1 is 0.458 bits per heavy atom. The van der Waals surface area contributed by atoms with Gasteiger partial charge in [-0.05, 0) is 34.9 Å². The fraction of sp³-hybridized carbons (Fsp3) is 0. The molecule has 114 valence electrons. The zero-order chi connectivity index (χ0) is 16.2. The molecule has 0 radical (unpaired) electrons. The Hall–Kier alpha value is -3.26. The van der Waals surface area contributed by atoms with Gasteiger partial charge in [-0.3, -0.25) is 9.97 Å². The fourth-order valence-electron chi connectivity index (χ4n) is 2.92. The number of rotatable bonds is 3. The van der Waals surface area contributed by atoms with Crippen molar-refractivity contribution >= 4 is 0 Å². The van der Waals surface area contributed by atoms with Gasteiger partial charge in [-0.1, -0.05) is 66.7 Å². The molecule has 0 aliphatic heterocycles. The van der Waals surface area contributed by atoms with Gasteiger partial charge in [-0.25, -0.2) is 0 Å². The van der Waals surface area contributed by atoms with E-state index < -0.39 is 0 Å². The van der Waals surface area contributed by atoms with Crippen LogP contribution in [-0.4, -0.2) is 9.97 Å². The largest absolute Gasteiger partial charge is 0.255 e. The monoisotopic (exact) mass is 308 g/mol. The number of benzene rings is 2. The minimum atomic E-state index is 0.885. The zero-order valence-electron chi connectivity index (χ0n) is 13.1. The molecule has 2 heteroatoms. The second-order valence-electron chi connectivity index (χ2n) is 5.53. The smallest absolute Gasteiger partial charge is 0.0964 e. The van der Waals surface area contributed by atoms with Crippen LogP contribution < -0.4 is 0 Å². The molecule has 0 aliphatic rings. The second kappa shape index (κ2) is 6.47. The third kappa shape index (κ3) is 2.70. The van der Waals surface area contributed by atoms with E-state index in [0.717, 1.165) is 22.5 Å². The van der Waals surface area contributed by atoms with Gasteiger partial charge in [-0.2, -0.15) is 0 Å². The number of hydrogen-bond acceptors (Lipinski definition) is 2. The van der Waals surface area contributed by atoms with Gasteiger partial charge in [0.15, 0.2) is 0 Å². The highest BCUT2D eigenvalue weighted by atomic mass is 14.8. The summed E-state index contributed by atoms with van der Waals surface area (Å²) in [6.07, 6.45) is 3.62. The van der Waals surface area contributed by atoms with Crippen LogP contribution in [0.25, 0.3) is 33.6 Å². The maximum absolute atomic E-state index is 4.60. The van der Waals surface area contributed by atoms with Crippen LogP contribution in [0.5, 0.6) is 0 Å². The molecule has 2 nitrogen and oxygen atoms in total. The van der Waals surface area contributed by atoms with E-state index in [9.17, 15) is 0 Å². The summed E-state index contributed by atoms with van der Waals surface area (Å²) < 4.78 is 0. The highest BCUT2D eigenvalue weighted by Crippen LogP contribution is 2.36. The average molecular weight is 308 g/mol. The molecule has 24 heavy (non-hydrogen) atoms. The van der Waals surface area contributed by atoms with Crippen molar-refractivity contribution < 1.29 is 0 Å². The Morgan fingerprint density at radius 3 is 1.92 bits per heavy atom. The van der Waals surface area contributed by atoms with Crippen LogP contribution in [0.3, 0.4) is 0 Å². The molecule has 0 fully saturated rings. The first-order valence-corrected chi connectivity index (χ1v) is 7.95. The predicted octanol–water partition coefficient (Wildman–Crippen LogP) is 5.48. The fourth-order valence-corrected chi connectivity index (χ4v) is 2.92. The Labute approximate surface area is 141 Å². The molecule has 2 aromatic heterocycles. The molecule has 0 saturated carbocycles. The molecule has 2 heterocycles. The maximum atomic E-state index is 4.60. The Morgan fingerprint density at radius 2 is 1.12 bits per heavy atom. The van der Waals surface area contributed by atoms with Gasteiger partial charge in [0.2, 0.25) is 0 Å². The topological polar surface area (TPSA) is 25.8 Å². The lowest BCUT2D eigenvalue weighted by atomic mass is 9.93. The predicted molar refractivity (Wildman–Crippen MR) is 98.3 cm³/mol. The standard InChI is InChI=1S/C22H16N2/c1-2-9-17(10-3-1)18-11-4-5-12-19(18)20-13-8-16-24-22(20)21-14-6-7-15-23-21/h1-16H. The van der Waals surface area contributed by atoms with Crippen LogP contribution in [-0.2, 0) is 0 Å². The first kappa shape index (κ1) is 14.3. The van der Waals surface area contributed by atoms with Crippen molar-refractivity contribution in [3.8, 4) is 33.6 Å². The molecule has 2 aromatic carbocycles. The highest BCUT2D eigenvalue weighted by molar-refractivity contribution is 5.89. The minimum absolute atomic E-state index is 0.885. The molecule has 4 aromatic rings. The van der Waals surface area contributed by atoms with E-state index in [1.165, 1.54) is 11.1 Å². The van der Waals surface area contributed by atoms with Crippen LogP contribution in [0.1, 0.15) is 0 Å². The van der Waals surface area contributed by atoms with Gasteiger partial charge in [0.05, 0.1) is 11.4 Å². The molecule has 0 N–H and O–H groups in total. The molecule has 0 unspecified atom stereocenters. The molecule has 0 aliphatic carbocycles. The van der Waals surface area contributed by atoms with Gasteiger partial charge in [-0.15, -0.1) is 0 Å². The van der Waals surface area contributed by atoms with E-state index in [2.05, 4.69) is 64.6 Å². The Bertz CT molecular complexity index is 867. The van der Waals surface area contributed by atoms with Crippen molar-refractivity contribution in [2.45, 2.75) is 0 Å². The van der Waals surface area contributed by atoms with Crippen LogP contribution in [0.4, 0.5) is 0 Å². The lowest BCUT2D eigenvalue weighted by molar-refractivity contribution is 1.25. The lowest BCUT2D eigenvalue weighted by Crippen LogP contribution is -1.92. The summed E-state index contributed by atoms with van der Waals surface area (Å²) in [5.41, 5.74) is 6.44. The van der Waals surface area contributed by atoms with E-state index in [0.29, 0.717) is 0 Å². The normalized spacial score (nSPS) is 10.5. The van der Waals surface area contributed by atoms with Crippen molar-refractivity contribution in [3.63, 3.8) is 0 Å². The van der Waals surface area contributed by atoms with Crippen LogP contribution >= 0.6 is 0 Å². The van der Waals surface area contributed by atoms with Crippen LogP contribution in [0.15, 0.2) is 97.3 Å². The summed E-state index contributed by atoms with van der Waals surface area (Å²) in [5, 5.41) is 0. The van der Waals surface area contributed by atoms with Crippen LogP contribution in [0.2, 0.25) is 0 Å². The molecular formula is C22H16N2. The average Bonchev–Trinajstić information content (AvgIpc) is 2.69. The summed E-state index contributed by atoms with van der Waals surface area (Å²) >= 11 is 0. The summed E-state index contributed by atoms with van der Waals surface area (Å²) in [6, 6.07) is 28.9. The Kier molecular flexibility index (Phi) is 3.86. The minimum Gasteiger partial charge on any atom is -0.255 e. The van der Waals surface area contributed by atoms with Crippen molar-refractivity contribution in [3.05, 3.63) is 97.3 Å². The molecule has 4 rings (SSSR count). The highest BCUT2D eigenvalue weighted by Gasteiger charge is 2.13. The van der Waals surface area contributed by atoms with E-state index in [-0.39, 0.29) is 0 Å². The first-order valence-electron chi connectivity index (χ1n) is 7.95. The van der Waals surface area contributed by atoms with E-state index in [4.69, 9.17) is 0 Å².